The van der Waals surface area contributed by atoms with Gasteiger partial charge in [0.15, 0.2) is 9.84 Å². The third kappa shape index (κ3) is 4.50. The van der Waals surface area contributed by atoms with Gasteiger partial charge in [0.1, 0.15) is 5.82 Å². The van der Waals surface area contributed by atoms with Gasteiger partial charge in [-0.3, -0.25) is 4.98 Å². The molecule has 2 aliphatic rings. The number of sulfone groups is 1. The molecule has 5 rings (SSSR count). The maximum absolute atomic E-state index is 13.3. The number of aromatic amines is 1. The first-order chi connectivity index (χ1) is 15.5. The van der Waals surface area contributed by atoms with E-state index < -0.39 is 9.84 Å². The summed E-state index contributed by atoms with van der Waals surface area (Å²) >= 11 is 0. The molecule has 1 N–H and O–H groups in total. The first-order valence-corrected chi connectivity index (χ1v) is 12.8. The maximum Gasteiger partial charge on any atom is 0.181 e. The quantitative estimate of drug-likeness (QED) is 0.539. The fourth-order valence-electron chi connectivity index (χ4n) is 4.52. The predicted octanol–water partition coefficient (Wildman–Crippen LogP) is 5.10. The highest BCUT2D eigenvalue weighted by atomic mass is 32.2. The number of hydrogen-bond donors (Lipinski definition) is 1. The zero-order valence-electron chi connectivity index (χ0n) is 17.8. The van der Waals surface area contributed by atoms with Crippen molar-refractivity contribution in [2.45, 2.75) is 48.2 Å². The van der Waals surface area contributed by atoms with E-state index >= 15 is 0 Å². The minimum atomic E-state index is -3.20. The summed E-state index contributed by atoms with van der Waals surface area (Å²) in [4.78, 5) is 8.07. The highest BCUT2D eigenvalue weighted by molar-refractivity contribution is 7.92. The summed E-state index contributed by atoms with van der Waals surface area (Å²) < 4.78 is 44.0. The number of nitrogens with zero attached hydrogens (tertiary/aromatic N) is 1. The molecular formula is C25H27FN2O3S. The Morgan fingerprint density at radius 1 is 1.00 bits per heavy atom. The molecule has 1 unspecified atom stereocenters. The van der Waals surface area contributed by atoms with Crippen molar-refractivity contribution in [2.75, 3.05) is 13.2 Å². The first kappa shape index (κ1) is 21.3. The van der Waals surface area contributed by atoms with Gasteiger partial charge in [-0.1, -0.05) is 12.1 Å². The molecule has 1 aliphatic heterocycles. The number of H-pyrrole nitrogens is 1. The second-order valence-corrected chi connectivity index (χ2v) is 11.1. The zero-order chi connectivity index (χ0) is 22.1. The molecule has 0 bridgehead atoms. The summed E-state index contributed by atoms with van der Waals surface area (Å²) in [5, 5.41) is -0.208. The third-order valence-corrected chi connectivity index (χ3v) is 8.85. The van der Waals surface area contributed by atoms with Crippen LogP contribution in [-0.2, 0) is 14.6 Å². The van der Waals surface area contributed by atoms with Gasteiger partial charge in [-0.2, -0.15) is 0 Å². The van der Waals surface area contributed by atoms with Crippen LogP contribution in [0.1, 0.15) is 49.3 Å². The fourth-order valence-corrected chi connectivity index (χ4v) is 6.18. The Kier molecular flexibility index (Phi) is 5.86. The molecule has 1 atom stereocenters. The van der Waals surface area contributed by atoms with Crippen LogP contribution in [0.2, 0.25) is 0 Å². The molecule has 2 fully saturated rings. The second kappa shape index (κ2) is 8.79. The molecule has 0 spiro atoms. The van der Waals surface area contributed by atoms with E-state index in [-0.39, 0.29) is 17.0 Å². The van der Waals surface area contributed by atoms with Crippen molar-refractivity contribution in [3.8, 4) is 11.4 Å². The highest BCUT2D eigenvalue weighted by Crippen LogP contribution is 2.37. The van der Waals surface area contributed by atoms with E-state index in [2.05, 4.69) is 16.0 Å². The Bertz CT molecular complexity index is 1160. The van der Waals surface area contributed by atoms with Crippen molar-refractivity contribution in [3.05, 3.63) is 71.8 Å². The van der Waals surface area contributed by atoms with Crippen molar-refractivity contribution in [2.24, 2.45) is 5.92 Å². The molecule has 2 aromatic heterocycles. The minimum Gasteiger partial charge on any atom is -0.381 e. The number of pyridine rings is 1. The van der Waals surface area contributed by atoms with Gasteiger partial charge in [-0.05, 0) is 80.0 Å². The zero-order valence-corrected chi connectivity index (χ0v) is 18.7. The summed E-state index contributed by atoms with van der Waals surface area (Å²) in [6.07, 6.45) is 5.75. The van der Waals surface area contributed by atoms with Crippen LogP contribution in [0.4, 0.5) is 4.39 Å². The van der Waals surface area contributed by atoms with E-state index in [4.69, 9.17) is 4.74 Å². The molecule has 3 aromatic rings. The SMILES string of the molecule is O=S(=O)(c1ccc(C(CC2CCOCC2)c2ccc(-c3ccc(F)cn3)[nH]2)cc1)C1CC1. The second-order valence-electron chi connectivity index (χ2n) is 8.85. The lowest BCUT2D eigenvalue weighted by Crippen LogP contribution is -2.19. The van der Waals surface area contributed by atoms with Gasteiger partial charge in [0.2, 0.25) is 0 Å². The maximum atomic E-state index is 13.3. The Balaban J connectivity index is 1.45. The Labute approximate surface area is 188 Å². The van der Waals surface area contributed by atoms with E-state index in [1.165, 1.54) is 12.3 Å². The third-order valence-electron chi connectivity index (χ3n) is 6.57. The van der Waals surface area contributed by atoms with E-state index in [1.807, 2.05) is 18.2 Å². The first-order valence-electron chi connectivity index (χ1n) is 11.2. The van der Waals surface area contributed by atoms with Crippen LogP contribution < -0.4 is 0 Å². The Hall–Kier alpha value is -2.51. The van der Waals surface area contributed by atoms with Gasteiger partial charge < -0.3 is 9.72 Å². The lowest BCUT2D eigenvalue weighted by Gasteiger charge is -2.27. The number of aromatic nitrogens is 2. The Morgan fingerprint density at radius 3 is 2.41 bits per heavy atom. The topological polar surface area (TPSA) is 72.1 Å². The molecule has 1 aromatic carbocycles. The van der Waals surface area contributed by atoms with Crippen LogP contribution in [0.5, 0.6) is 0 Å². The van der Waals surface area contributed by atoms with Crippen LogP contribution >= 0.6 is 0 Å². The molecule has 0 radical (unpaired) electrons. The fraction of sp³-hybridized carbons (Fsp3) is 0.400. The van der Waals surface area contributed by atoms with Crippen LogP contribution in [-0.4, -0.2) is 36.8 Å². The van der Waals surface area contributed by atoms with Crippen molar-refractivity contribution in [1.82, 2.24) is 9.97 Å². The largest absolute Gasteiger partial charge is 0.381 e. The number of rotatable bonds is 7. The number of hydrogen-bond acceptors (Lipinski definition) is 4. The molecule has 1 saturated carbocycles. The summed E-state index contributed by atoms with van der Waals surface area (Å²) in [7, 11) is -3.20. The van der Waals surface area contributed by atoms with Gasteiger partial charge in [0, 0.05) is 24.8 Å². The van der Waals surface area contributed by atoms with Crippen LogP contribution in [0.3, 0.4) is 0 Å². The van der Waals surface area contributed by atoms with Gasteiger partial charge in [0.25, 0.3) is 0 Å². The molecule has 3 heterocycles. The van der Waals surface area contributed by atoms with Gasteiger partial charge in [0.05, 0.1) is 27.7 Å². The molecular weight excluding hydrogens is 427 g/mol. The van der Waals surface area contributed by atoms with E-state index in [0.717, 1.165) is 62.3 Å². The van der Waals surface area contributed by atoms with E-state index in [9.17, 15) is 12.8 Å². The van der Waals surface area contributed by atoms with Gasteiger partial charge in [-0.25, -0.2) is 12.8 Å². The van der Waals surface area contributed by atoms with E-state index in [1.54, 1.807) is 18.2 Å². The normalized spacial score (nSPS) is 18.5. The summed E-state index contributed by atoms with van der Waals surface area (Å²) in [5.74, 6) is 0.281. The average Bonchev–Trinajstić information content (AvgIpc) is 3.58. The van der Waals surface area contributed by atoms with Crippen molar-refractivity contribution in [1.29, 1.82) is 0 Å². The van der Waals surface area contributed by atoms with Crippen LogP contribution in [0.15, 0.2) is 59.6 Å². The highest BCUT2D eigenvalue weighted by Gasteiger charge is 2.37. The van der Waals surface area contributed by atoms with Crippen molar-refractivity contribution in [3.63, 3.8) is 0 Å². The number of ether oxygens (including phenoxy) is 1. The summed E-state index contributed by atoms with van der Waals surface area (Å²) in [6.45, 7) is 1.57. The predicted molar refractivity (Wildman–Crippen MR) is 121 cm³/mol. The number of benzene rings is 1. The molecule has 1 aliphatic carbocycles. The van der Waals surface area contributed by atoms with Crippen molar-refractivity contribution < 1.29 is 17.5 Å². The number of nitrogens with one attached hydrogen (secondary N) is 1. The average molecular weight is 455 g/mol. The summed E-state index contributed by atoms with van der Waals surface area (Å²) in [5.41, 5.74) is 3.67. The molecule has 5 nitrogen and oxygen atoms in total. The molecule has 32 heavy (non-hydrogen) atoms. The van der Waals surface area contributed by atoms with Crippen molar-refractivity contribution >= 4 is 9.84 Å². The standard InChI is InChI=1S/C25H27FN2O3S/c26-19-3-8-24(27-16-19)25-10-9-23(28-25)22(15-17-11-13-31-14-12-17)18-1-4-20(5-2-18)32(29,30)21-6-7-21/h1-5,8-10,16-17,21-22,28H,6-7,11-15H2. The van der Waals surface area contributed by atoms with Gasteiger partial charge >= 0.3 is 0 Å². The van der Waals surface area contributed by atoms with Crippen LogP contribution in [0, 0.1) is 11.7 Å². The van der Waals surface area contributed by atoms with Gasteiger partial charge in [-0.15, -0.1) is 0 Å². The minimum absolute atomic E-state index is 0.102. The summed E-state index contributed by atoms with van der Waals surface area (Å²) in [6, 6.07) is 14.5. The molecule has 1 saturated heterocycles. The smallest absolute Gasteiger partial charge is 0.181 e. The van der Waals surface area contributed by atoms with Crippen LogP contribution in [0.25, 0.3) is 11.4 Å². The molecule has 168 valence electrons. The van der Waals surface area contributed by atoms with E-state index in [0.29, 0.717) is 16.5 Å². The monoisotopic (exact) mass is 454 g/mol. The Morgan fingerprint density at radius 2 is 1.75 bits per heavy atom. The molecule has 7 heteroatoms. The number of halogens is 1. The molecule has 0 amide bonds. The lowest BCUT2D eigenvalue weighted by atomic mass is 9.83. The lowest BCUT2D eigenvalue weighted by molar-refractivity contribution is 0.0626.